The molecule has 2 heterocycles. The van der Waals surface area contributed by atoms with E-state index in [1.54, 1.807) is 4.90 Å². The third-order valence-corrected chi connectivity index (χ3v) is 6.92. The third kappa shape index (κ3) is 4.49. The van der Waals surface area contributed by atoms with E-state index in [1.807, 2.05) is 79.2 Å². The first-order valence-corrected chi connectivity index (χ1v) is 11.8. The van der Waals surface area contributed by atoms with Crippen LogP contribution in [0.2, 0.25) is 0 Å². The van der Waals surface area contributed by atoms with Gasteiger partial charge in [0.25, 0.3) is 0 Å². The van der Waals surface area contributed by atoms with E-state index in [4.69, 9.17) is 4.74 Å². The van der Waals surface area contributed by atoms with Gasteiger partial charge in [-0.2, -0.15) is 0 Å². The maximum atomic E-state index is 12.7. The number of hydrogen-bond acceptors (Lipinski definition) is 6. The summed E-state index contributed by atoms with van der Waals surface area (Å²) in [5, 5.41) is 4.25. The number of carbonyl (C=O) groups excluding carboxylic acids is 2. The second kappa shape index (κ2) is 9.46. The molecule has 5 nitrogen and oxygen atoms in total. The molecule has 4 rings (SSSR count). The highest BCUT2D eigenvalue weighted by atomic mass is 32.1. The van der Waals surface area contributed by atoms with Crippen molar-refractivity contribution in [3.8, 4) is 11.1 Å². The molecule has 162 valence electrons. The maximum absolute atomic E-state index is 12.7. The number of thiophene rings is 1. The van der Waals surface area contributed by atoms with E-state index in [-0.39, 0.29) is 18.5 Å². The number of ether oxygens (including phenoxy) is 1. The summed E-state index contributed by atoms with van der Waals surface area (Å²) in [6.07, 6.45) is 0. The number of carbonyl (C=O) groups is 2. The summed E-state index contributed by atoms with van der Waals surface area (Å²) < 4.78 is 5.55. The minimum absolute atomic E-state index is 0.0417. The topological polar surface area (TPSA) is 59.5 Å². The smallest absolute Gasteiger partial charge is 0.349 e. The van der Waals surface area contributed by atoms with Crippen LogP contribution in [0.1, 0.15) is 33.4 Å². The number of nitrogens with zero attached hydrogens (tertiary/aromatic N) is 2. The van der Waals surface area contributed by atoms with E-state index >= 15 is 0 Å². The molecule has 0 saturated carbocycles. The second-order valence-corrected chi connectivity index (χ2v) is 9.05. The van der Waals surface area contributed by atoms with Gasteiger partial charge < -0.3 is 4.74 Å². The van der Waals surface area contributed by atoms with E-state index in [0.717, 1.165) is 27.9 Å². The van der Waals surface area contributed by atoms with Gasteiger partial charge in [0.1, 0.15) is 11.5 Å². The average molecular weight is 463 g/mol. The van der Waals surface area contributed by atoms with Crippen LogP contribution in [0.5, 0.6) is 0 Å². The van der Waals surface area contributed by atoms with Crippen molar-refractivity contribution in [2.24, 2.45) is 0 Å². The standard InChI is InChI=1S/C25H22N2O3S2/c1-16-8-7-11-22(17(16)2)27(18(3)28)25-26-20(15-32-25)14-30-24(29)23-21(12-13-31-23)19-9-5-4-6-10-19/h4-13,15H,14H2,1-3H3. The van der Waals surface area contributed by atoms with E-state index in [9.17, 15) is 9.59 Å². The molecule has 0 spiro atoms. The zero-order chi connectivity index (χ0) is 22.7. The van der Waals surface area contributed by atoms with Crippen molar-refractivity contribution in [3.05, 3.63) is 87.1 Å². The molecule has 2 aromatic carbocycles. The summed E-state index contributed by atoms with van der Waals surface area (Å²) in [6.45, 7) is 5.56. The number of hydrogen-bond donors (Lipinski definition) is 0. The lowest BCUT2D eigenvalue weighted by molar-refractivity contribution is -0.115. The molecule has 0 unspecified atom stereocenters. The van der Waals surface area contributed by atoms with Gasteiger partial charge in [-0.15, -0.1) is 22.7 Å². The normalized spacial score (nSPS) is 10.7. The molecule has 0 atom stereocenters. The summed E-state index contributed by atoms with van der Waals surface area (Å²) in [5.74, 6) is -0.506. The van der Waals surface area contributed by atoms with Crippen LogP contribution in [0.15, 0.2) is 65.4 Å². The van der Waals surface area contributed by atoms with E-state index in [1.165, 1.54) is 29.6 Å². The quantitative estimate of drug-likeness (QED) is 0.306. The predicted molar refractivity (Wildman–Crippen MR) is 130 cm³/mol. The predicted octanol–water partition coefficient (Wildman–Crippen LogP) is 6.53. The number of rotatable bonds is 6. The summed E-state index contributed by atoms with van der Waals surface area (Å²) in [6, 6.07) is 17.5. The van der Waals surface area contributed by atoms with Crippen molar-refractivity contribution in [1.29, 1.82) is 0 Å². The Morgan fingerprint density at radius 2 is 1.78 bits per heavy atom. The van der Waals surface area contributed by atoms with Gasteiger partial charge in [0.2, 0.25) is 5.91 Å². The van der Waals surface area contributed by atoms with Crippen molar-refractivity contribution in [3.63, 3.8) is 0 Å². The Balaban J connectivity index is 1.50. The largest absolute Gasteiger partial charge is 0.455 e. The molecule has 32 heavy (non-hydrogen) atoms. The highest BCUT2D eigenvalue weighted by Crippen LogP contribution is 2.33. The first kappa shape index (κ1) is 21.9. The van der Waals surface area contributed by atoms with Crippen LogP contribution in [0.3, 0.4) is 0 Å². The molecule has 0 bridgehead atoms. The highest BCUT2D eigenvalue weighted by molar-refractivity contribution is 7.14. The second-order valence-electron chi connectivity index (χ2n) is 7.30. The van der Waals surface area contributed by atoms with E-state index in [0.29, 0.717) is 15.7 Å². The lowest BCUT2D eigenvalue weighted by atomic mass is 10.1. The molecule has 1 amide bonds. The fourth-order valence-corrected chi connectivity index (χ4v) is 5.04. The van der Waals surface area contributed by atoms with Crippen LogP contribution >= 0.6 is 22.7 Å². The molecule has 0 N–H and O–H groups in total. The maximum Gasteiger partial charge on any atom is 0.349 e. The zero-order valence-corrected chi connectivity index (χ0v) is 19.6. The SMILES string of the molecule is CC(=O)N(c1nc(COC(=O)c2sccc2-c2ccccc2)cs1)c1cccc(C)c1C. The molecule has 0 fully saturated rings. The van der Waals surface area contributed by atoms with Gasteiger partial charge in [-0.25, -0.2) is 9.78 Å². The molecule has 0 radical (unpaired) electrons. The first-order valence-electron chi connectivity index (χ1n) is 10.1. The van der Waals surface area contributed by atoms with Gasteiger partial charge in [-0.1, -0.05) is 42.5 Å². The molecule has 2 aromatic heterocycles. The number of benzene rings is 2. The van der Waals surface area contributed by atoms with Gasteiger partial charge in [-0.3, -0.25) is 9.69 Å². The number of aryl methyl sites for hydroxylation is 1. The Hall–Kier alpha value is -3.29. The van der Waals surface area contributed by atoms with Gasteiger partial charge in [0.15, 0.2) is 5.13 Å². The summed E-state index contributed by atoms with van der Waals surface area (Å²) in [5.41, 5.74) is 5.37. The lowest BCUT2D eigenvalue weighted by Crippen LogP contribution is -2.23. The number of amides is 1. The van der Waals surface area contributed by atoms with Crippen molar-refractivity contribution in [2.45, 2.75) is 27.4 Å². The van der Waals surface area contributed by atoms with Crippen LogP contribution < -0.4 is 4.90 Å². The van der Waals surface area contributed by atoms with Crippen LogP contribution in [0.4, 0.5) is 10.8 Å². The van der Waals surface area contributed by atoms with Gasteiger partial charge in [-0.05, 0) is 48.1 Å². The average Bonchev–Trinajstić information content (AvgIpc) is 3.46. The summed E-state index contributed by atoms with van der Waals surface area (Å²) in [4.78, 5) is 31.9. The minimum Gasteiger partial charge on any atom is -0.455 e. The van der Waals surface area contributed by atoms with Crippen molar-refractivity contribution in [1.82, 2.24) is 4.98 Å². The fraction of sp³-hybridized carbons (Fsp3) is 0.160. The Morgan fingerprint density at radius 3 is 2.53 bits per heavy atom. The molecule has 0 aliphatic heterocycles. The van der Waals surface area contributed by atoms with Gasteiger partial charge in [0.05, 0.1) is 11.4 Å². The number of thiazole rings is 1. The van der Waals surface area contributed by atoms with Gasteiger partial charge in [0, 0.05) is 17.9 Å². The molecular formula is C25H22N2O3S2. The Labute approximate surface area is 194 Å². The summed E-state index contributed by atoms with van der Waals surface area (Å²) in [7, 11) is 0. The minimum atomic E-state index is -0.383. The lowest BCUT2D eigenvalue weighted by Gasteiger charge is -2.21. The fourth-order valence-electron chi connectivity index (χ4n) is 3.37. The number of aromatic nitrogens is 1. The molecule has 4 aromatic rings. The Bertz CT molecular complexity index is 1260. The van der Waals surface area contributed by atoms with Crippen LogP contribution in [0, 0.1) is 13.8 Å². The van der Waals surface area contributed by atoms with E-state index < -0.39 is 0 Å². The Morgan fingerprint density at radius 1 is 1.00 bits per heavy atom. The van der Waals surface area contributed by atoms with Crippen molar-refractivity contribution in [2.75, 3.05) is 4.90 Å². The highest BCUT2D eigenvalue weighted by Gasteiger charge is 2.21. The zero-order valence-electron chi connectivity index (χ0n) is 18.0. The summed E-state index contributed by atoms with van der Waals surface area (Å²) >= 11 is 2.71. The van der Waals surface area contributed by atoms with Crippen LogP contribution in [-0.4, -0.2) is 16.9 Å². The van der Waals surface area contributed by atoms with Crippen molar-refractivity contribution >= 4 is 45.4 Å². The molecule has 0 saturated heterocycles. The monoisotopic (exact) mass is 462 g/mol. The molecule has 7 heteroatoms. The molecule has 0 aliphatic carbocycles. The molecular weight excluding hydrogens is 440 g/mol. The van der Waals surface area contributed by atoms with Crippen LogP contribution in [0.25, 0.3) is 11.1 Å². The van der Waals surface area contributed by atoms with Crippen molar-refractivity contribution < 1.29 is 14.3 Å². The van der Waals surface area contributed by atoms with Crippen LogP contribution in [-0.2, 0) is 16.1 Å². The third-order valence-electron chi connectivity index (χ3n) is 5.15. The number of anilines is 2. The molecule has 0 aliphatic rings. The Kier molecular flexibility index (Phi) is 6.48. The van der Waals surface area contributed by atoms with Gasteiger partial charge >= 0.3 is 5.97 Å². The van der Waals surface area contributed by atoms with E-state index in [2.05, 4.69) is 4.98 Å². The number of esters is 1. The first-order chi connectivity index (χ1) is 15.5.